The predicted octanol–water partition coefficient (Wildman–Crippen LogP) is 4.16. The number of benzene rings is 1. The summed E-state index contributed by atoms with van der Waals surface area (Å²) in [6.45, 7) is 2.14. The number of hydrogen-bond acceptors (Lipinski definition) is 3. The van der Waals surface area contributed by atoms with Gasteiger partial charge in [-0.2, -0.15) is 0 Å². The van der Waals surface area contributed by atoms with Crippen LogP contribution in [-0.2, 0) is 4.79 Å². The number of amides is 2. The zero-order valence-corrected chi connectivity index (χ0v) is 16.5. The van der Waals surface area contributed by atoms with E-state index >= 15 is 0 Å². The molecule has 0 radical (unpaired) electrons. The summed E-state index contributed by atoms with van der Waals surface area (Å²) in [6, 6.07) is 10.8. The largest absolute Gasteiger partial charge is 0.336 e. The fourth-order valence-electron chi connectivity index (χ4n) is 2.58. The van der Waals surface area contributed by atoms with E-state index in [1.165, 1.54) is 0 Å². The molecule has 130 valence electrons. The Balaban J connectivity index is 1.54. The summed E-state index contributed by atoms with van der Waals surface area (Å²) < 4.78 is 1.04. The third-order valence-electron chi connectivity index (χ3n) is 3.95. The molecule has 2 heterocycles. The van der Waals surface area contributed by atoms with E-state index in [0.717, 1.165) is 8.66 Å². The highest BCUT2D eigenvalue weighted by molar-refractivity contribution is 9.11. The topological polar surface area (TPSA) is 40.6 Å². The molecule has 25 heavy (non-hydrogen) atoms. The summed E-state index contributed by atoms with van der Waals surface area (Å²) in [7, 11) is 0. The maximum atomic E-state index is 12.5. The lowest BCUT2D eigenvalue weighted by atomic mass is 10.2. The van der Waals surface area contributed by atoms with E-state index in [2.05, 4.69) is 15.9 Å². The molecule has 1 aliphatic heterocycles. The second-order valence-electron chi connectivity index (χ2n) is 5.60. The first kappa shape index (κ1) is 18.2. The van der Waals surface area contributed by atoms with Gasteiger partial charge in [-0.25, -0.2) is 0 Å². The quantitative estimate of drug-likeness (QED) is 0.674. The number of carbonyl (C=O) groups excluding carboxylic acids is 2. The van der Waals surface area contributed by atoms with Crippen molar-refractivity contribution < 1.29 is 9.59 Å². The van der Waals surface area contributed by atoms with Crippen molar-refractivity contribution in [2.24, 2.45) is 0 Å². The summed E-state index contributed by atoms with van der Waals surface area (Å²) in [5.74, 6) is -0.0501. The Kier molecular flexibility index (Phi) is 5.93. The van der Waals surface area contributed by atoms with Crippen molar-refractivity contribution in [1.82, 2.24) is 9.80 Å². The summed E-state index contributed by atoms with van der Waals surface area (Å²) in [5.41, 5.74) is 0.618. The monoisotopic (exact) mass is 438 g/mol. The molecule has 1 fully saturated rings. The maximum absolute atomic E-state index is 12.5. The Hall–Kier alpha value is -1.63. The van der Waals surface area contributed by atoms with Crippen LogP contribution in [0.5, 0.6) is 0 Å². The molecule has 2 amide bonds. The Morgan fingerprint density at radius 2 is 1.64 bits per heavy atom. The van der Waals surface area contributed by atoms with Crippen molar-refractivity contribution >= 4 is 56.8 Å². The minimum Gasteiger partial charge on any atom is -0.336 e. The van der Waals surface area contributed by atoms with E-state index in [9.17, 15) is 9.59 Å². The van der Waals surface area contributed by atoms with Crippen molar-refractivity contribution in [1.29, 1.82) is 0 Å². The van der Waals surface area contributed by atoms with E-state index in [1.54, 1.807) is 51.5 Å². The highest BCUT2D eigenvalue weighted by atomic mass is 79.9. The van der Waals surface area contributed by atoms with Crippen LogP contribution in [0, 0.1) is 0 Å². The van der Waals surface area contributed by atoms with Crippen molar-refractivity contribution in [3.8, 4) is 0 Å². The highest BCUT2D eigenvalue weighted by Crippen LogP contribution is 2.23. The van der Waals surface area contributed by atoms with Gasteiger partial charge in [0.25, 0.3) is 5.91 Å². The Morgan fingerprint density at radius 3 is 2.24 bits per heavy atom. The Morgan fingerprint density at radius 1 is 1.00 bits per heavy atom. The number of carbonyl (C=O) groups is 2. The third-order valence-corrected chi connectivity index (χ3v) is 5.79. The molecule has 0 N–H and O–H groups in total. The van der Waals surface area contributed by atoms with Crippen molar-refractivity contribution in [2.75, 3.05) is 26.2 Å². The van der Waals surface area contributed by atoms with Gasteiger partial charge in [-0.05, 0) is 58.4 Å². The Bertz CT molecular complexity index is 796. The zero-order chi connectivity index (χ0) is 17.8. The van der Waals surface area contributed by atoms with Crippen LogP contribution in [0.2, 0.25) is 5.02 Å². The van der Waals surface area contributed by atoms with Gasteiger partial charge in [0, 0.05) is 47.7 Å². The number of rotatable bonds is 3. The standard InChI is InChI=1S/C18H16BrClN2O2S/c19-16-7-5-15(25-16)6-8-17(23)21-9-11-22(12-10-21)18(24)13-1-3-14(20)4-2-13/h1-8H,9-12H2/b8-6+. The molecule has 3 rings (SSSR count). The van der Waals surface area contributed by atoms with Crippen LogP contribution in [0.25, 0.3) is 6.08 Å². The molecule has 0 aliphatic carbocycles. The van der Waals surface area contributed by atoms with Gasteiger partial charge in [-0.1, -0.05) is 11.6 Å². The number of thiophene rings is 1. The summed E-state index contributed by atoms with van der Waals surface area (Å²) >= 11 is 10.8. The lowest BCUT2D eigenvalue weighted by molar-refractivity contribution is -0.127. The number of nitrogens with zero attached hydrogens (tertiary/aromatic N) is 2. The highest BCUT2D eigenvalue weighted by Gasteiger charge is 2.23. The van der Waals surface area contributed by atoms with Gasteiger partial charge >= 0.3 is 0 Å². The first-order valence-electron chi connectivity index (χ1n) is 7.80. The normalized spacial score (nSPS) is 15.0. The Labute approximate surface area is 163 Å². The van der Waals surface area contributed by atoms with E-state index in [1.807, 2.05) is 18.2 Å². The van der Waals surface area contributed by atoms with Crippen LogP contribution in [0.4, 0.5) is 0 Å². The summed E-state index contributed by atoms with van der Waals surface area (Å²) in [6.07, 6.45) is 3.41. The molecule has 0 bridgehead atoms. The van der Waals surface area contributed by atoms with Gasteiger partial charge in [-0.15, -0.1) is 11.3 Å². The molecular weight excluding hydrogens is 424 g/mol. The van der Waals surface area contributed by atoms with Crippen LogP contribution in [0.3, 0.4) is 0 Å². The van der Waals surface area contributed by atoms with Crippen molar-refractivity contribution in [3.05, 3.63) is 61.7 Å². The van der Waals surface area contributed by atoms with Gasteiger partial charge < -0.3 is 9.80 Å². The maximum Gasteiger partial charge on any atom is 0.253 e. The minimum absolute atomic E-state index is 0.0249. The fraction of sp³-hybridized carbons (Fsp3) is 0.222. The molecule has 7 heteroatoms. The molecule has 4 nitrogen and oxygen atoms in total. The van der Waals surface area contributed by atoms with Gasteiger partial charge in [-0.3, -0.25) is 9.59 Å². The first-order chi connectivity index (χ1) is 12.0. The molecule has 1 aliphatic rings. The second-order valence-corrected chi connectivity index (χ2v) is 8.53. The number of hydrogen-bond donors (Lipinski definition) is 0. The number of piperazine rings is 1. The second kappa shape index (κ2) is 8.17. The average molecular weight is 440 g/mol. The van der Waals surface area contributed by atoms with E-state index in [-0.39, 0.29) is 11.8 Å². The van der Waals surface area contributed by atoms with Gasteiger partial charge in [0.2, 0.25) is 5.91 Å². The SMILES string of the molecule is O=C(/C=C/c1ccc(Br)s1)N1CCN(C(=O)c2ccc(Cl)cc2)CC1. The lowest BCUT2D eigenvalue weighted by Crippen LogP contribution is -2.50. The van der Waals surface area contributed by atoms with Crippen LogP contribution in [-0.4, -0.2) is 47.8 Å². The molecule has 0 atom stereocenters. The zero-order valence-electron chi connectivity index (χ0n) is 13.3. The molecule has 1 aromatic carbocycles. The molecule has 2 aromatic rings. The van der Waals surface area contributed by atoms with Crippen LogP contribution in [0.15, 0.2) is 46.3 Å². The smallest absolute Gasteiger partial charge is 0.253 e. The molecule has 0 spiro atoms. The molecular formula is C18H16BrClN2O2S. The third kappa shape index (κ3) is 4.71. The van der Waals surface area contributed by atoms with Gasteiger partial charge in [0.05, 0.1) is 3.79 Å². The van der Waals surface area contributed by atoms with Crippen molar-refractivity contribution in [3.63, 3.8) is 0 Å². The summed E-state index contributed by atoms with van der Waals surface area (Å²) in [5, 5.41) is 0.608. The van der Waals surface area contributed by atoms with E-state index < -0.39 is 0 Å². The predicted molar refractivity (Wildman–Crippen MR) is 105 cm³/mol. The number of halogens is 2. The molecule has 1 aromatic heterocycles. The van der Waals surface area contributed by atoms with Crippen LogP contribution < -0.4 is 0 Å². The van der Waals surface area contributed by atoms with E-state index in [4.69, 9.17) is 11.6 Å². The minimum atomic E-state index is -0.0252. The van der Waals surface area contributed by atoms with E-state index in [0.29, 0.717) is 36.8 Å². The molecule has 0 unspecified atom stereocenters. The van der Waals surface area contributed by atoms with Gasteiger partial charge in [0.1, 0.15) is 0 Å². The first-order valence-corrected chi connectivity index (χ1v) is 9.79. The van der Waals surface area contributed by atoms with Crippen LogP contribution in [0.1, 0.15) is 15.2 Å². The fourth-order valence-corrected chi connectivity index (χ4v) is 4.03. The van der Waals surface area contributed by atoms with Crippen molar-refractivity contribution in [2.45, 2.75) is 0 Å². The summed E-state index contributed by atoms with van der Waals surface area (Å²) in [4.78, 5) is 29.3. The van der Waals surface area contributed by atoms with Gasteiger partial charge in [0.15, 0.2) is 0 Å². The van der Waals surface area contributed by atoms with Crippen LogP contribution >= 0.6 is 38.9 Å². The molecule has 0 saturated carbocycles. The molecule has 1 saturated heterocycles. The lowest BCUT2D eigenvalue weighted by Gasteiger charge is -2.34. The average Bonchev–Trinajstić information content (AvgIpc) is 3.05.